The number of nitrogens with zero attached hydrogens (tertiary/aromatic N) is 2. The fourth-order valence-corrected chi connectivity index (χ4v) is 2.23. The molecule has 0 aliphatic heterocycles. The molecule has 2 aromatic rings. The maximum absolute atomic E-state index is 5.80. The van der Waals surface area contributed by atoms with Gasteiger partial charge in [0.15, 0.2) is 5.75 Å². The smallest absolute Gasteiger partial charge is 0.162 e. The molecule has 0 saturated heterocycles. The molecule has 20 heavy (non-hydrogen) atoms. The molecule has 2 rings (SSSR count). The Hall–Kier alpha value is -1.79. The largest absolute Gasteiger partial charge is 0.493 e. The highest BCUT2D eigenvalue weighted by molar-refractivity contribution is 5.33. The van der Waals surface area contributed by atoms with Crippen molar-refractivity contribution in [3.63, 3.8) is 0 Å². The zero-order valence-corrected chi connectivity index (χ0v) is 12.4. The van der Waals surface area contributed by atoms with Crippen molar-refractivity contribution in [2.45, 2.75) is 39.3 Å². The Morgan fingerprint density at radius 1 is 1.45 bits per heavy atom. The van der Waals surface area contributed by atoms with Crippen molar-refractivity contribution in [2.75, 3.05) is 7.11 Å². The summed E-state index contributed by atoms with van der Waals surface area (Å²) in [5.41, 5.74) is 3.66. The number of hydrogen-bond donors (Lipinski definition) is 2. The SMILES string of the molecule is CCc1ccc(C(NN)c2c(OC)cnn2C(C)C)o1. The molecule has 0 saturated carbocycles. The Bertz CT molecular complexity index is 559. The first-order chi connectivity index (χ1) is 9.62. The lowest BCUT2D eigenvalue weighted by molar-refractivity contribution is 0.371. The average molecular weight is 278 g/mol. The topological polar surface area (TPSA) is 78.2 Å². The van der Waals surface area contributed by atoms with Crippen LogP contribution in [0.2, 0.25) is 0 Å². The molecule has 6 heteroatoms. The summed E-state index contributed by atoms with van der Waals surface area (Å²) in [6, 6.07) is 3.79. The molecule has 0 aromatic carbocycles. The predicted octanol–water partition coefficient (Wildman–Crippen LogP) is 2.18. The van der Waals surface area contributed by atoms with Crippen LogP contribution in [0.15, 0.2) is 22.7 Å². The van der Waals surface area contributed by atoms with E-state index in [4.69, 9.17) is 15.0 Å². The van der Waals surface area contributed by atoms with E-state index in [2.05, 4.69) is 24.4 Å². The van der Waals surface area contributed by atoms with Gasteiger partial charge in [0.25, 0.3) is 0 Å². The summed E-state index contributed by atoms with van der Waals surface area (Å²) >= 11 is 0. The third-order valence-corrected chi connectivity index (χ3v) is 3.26. The predicted molar refractivity (Wildman–Crippen MR) is 76.4 cm³/mol. The highest BCUT2D eigenvalue weighted by Gasteiger charge is 2.26. The summed E-state index contributed by atoms with van der Waals surface area (Å²) in [4.78, 5) is 0. The van der Waals surface area contributed by atoms with Crippen molar-refractivity contribution < 1.29 is 9.15 Å². The number of ether oxygens (including phenoxy) is 1. The van der Waals surface area contributed by atoms with Gasteiger partial charge in [-0.15, -0.1) is 0 Å². The third kappa shape index (κ3) is 2.57. The second kappa shape index (κ2) is 6.11. The zero-order chi connectivity index (χ0) is 14.7. The van der Waals surface area contributed by atoms with Gasteiger partial charge in [0.1, 0.15) is 23.3 Å². The van der Waals surface area contributed by atoms with Gasteiger partial charge in [0, 0.05) is 12.5 Å². The van der Waals surface area contributed by atoms with Crippen LogP contribution in [0, 0.1) is 0 Å². The Kier molecular flexibility index (Phi) is 4.46. The summed E-state index contributed by atoms with van der Waals surface area (Å²) in [6.45, 7) is 6.17. The van der Waals surface area contributed by atoms with Crippen LogP contribution in [0.25, 0.3) is 0 Å². The first kappa shape index (κ1) is 14.6. The number of nitrogens with one attached hydrogen (secondary N) is 1. The lowest BCUT2D eigenvalue weighted by Crippen LogP contribution is -2.31. The van der Waals surface area contributed by atoms with Gasteiger partial charge >= 0.3 is 0 Å². The number of furan rings is 1. The fraction of sp³-hybridized carbons (Fsp3) is 0.500. The quantitative estimate of drug-likeness (QED) is 0.625. The Balaban J connectivity index is 2.47. The van der Waals surface area contributed by atoms with E-state index in [1.165, 1.54) is 0 Å². The van der Waals surface area contributed by atoms with Crippen molar-refractivity contribution >= 4 is 0 Å². The Morgan fingerprint density at radius 2 is 2.20 bits per heavy atom. The lowest BCUT2D eigenvalue weighted by Gasteiger charge is -2.19. The minimum atomic E-state index is -0.296. The number of aryl methyl sites for hydroxylation is 1. The molecule has 0 aliphatic rings. The van der Waals surface area contributed by atoms with E-state index >= 15 is 0 Å². The number of hydrazine groups is 1. The van der Waals surface area contributed by atoms with Gasteiger partial charge in [-0.3, -0.25) is 10.5 Å². The summed E-state index contributed by atoms with van der Waals surface area (Å²) in [7, 11) is 1.62. The maximum Gasteiger partial charge on any atom is 0.162 e. The molecule has 1 unspecified atom stereocenters. The lowest BCUT2D eigenvalue weighted by atomic mass is 10.1. The van der Waals surface area contributed by atoms with Gasteiger partial charge < -0.3 is 9.15 Å². The third-order valence-electron chi connectivity index (χ3n) is 3.26. The summed E-state index contributed by atoms with van der Waals surface area (Å²) < 4.78 is 13.1. The van der Waals surface area contributed by atoms with Crippen LogP contribution < -0.4 is 16.0 Å². The molecule has 0 radical (unpaired) electrons. The summed E-state index contributed by atoms with van der Waals surface area (Å²) in [5, 5.41) is 4.36. The number of nitrogens with two attached hydrogens (primary N) is 1. The van der Waals surface area contributed by atoms with E-state index in [9.17, 15) is 0 Å². The van der Waals surface area contributed by atoms with E-state index in [-0.39, 0.29) is 12.1 Å². The zero-order valence-electron chi connectivity index (χ0n) is 12.4. The van der Waals surface area contributed by atoms with E-state index < -0.39 is 0 Å². The van der Waals surface area contributed by atoms with Crippen LogP contribution in [-0.4, -0.2) is 16.9 Å². The minimum absolute atomic E-state index is 0.199. The number of rotatable bonds is 6. The van der Waals surface area contributed by atoms with Gasteiger partial charge in [-0.25, -0.2) is 5.43 Å². The van der Waals surface area contributed by atoms with Crippen molar-refractivity contribution in [1.29, 1.82) is 0 Å². The molecule has 0 spiro atoms. The van der Waals surface area contributed by atoms with Crippen molar-refractivity contribution in [3.8, 4) is 5.75 Å². The molecule has 2 aromatic heterocycles. The van der Waals surface area contributed by atoms with Crippen LogP contribution in [0.4, 0.5) is 0 Å². The van der Waals surface area contributed by atoms with Crippen molar-refractivity contribution in [2.24, 2.45) is 5.84 Å². The van der Waals surface area contributed by atoms with Gasteiger partial charge in [-0.05, 0) is 26.0 Å². The Morgan fingerprint density at radius 3 is 2.70 bits per heavy atom. The van der Waals surface area contributed by atoms with Crippen molar-refractivity contribution in [1.82, 2.24) is 15.2 Å². The van der Waals surface area contributed by atoms with Gasteiger partial charge in [-0.1, -0.05) is 6.92 Å². The van der Waals surface area contributed by atoms with Crippen LogP contribution in [-0.2, 0) is 6.42 Å². The molecular formula is C14H22N4O2. The summed E-state index contributed by atoms with van der Waals surface area (Å²) in [6.07, 6.45) is 2.54. The molecule has 3 N–H and O–H groups in total. The molecular weight excluding hydrogens is 256 g/mol. The van der Waals surface area contributed by atoms with E-state index in [0.717, 1.165) is 23.6 Å². The highest BCUT2D eigenvalue weighted by Crippen LogP contribution is 2.32. The summed E-state index contributed by atoms with van der Waals surface area (Å²) in [5.74, 6) is 8.10. The number of methoxy groups -OCH3 is 1. The molecule has 0 bridgehead atoms. The molecule has 6 nitrogen and oxygen atoms in total. The molecule has 0 aliphatic carbocycles. The monoisotopic (exact) mass is 278 g/mol. The van der Waals surface area contributed by atoms with E-state index in [1.54, 1.807) is 13.3 Å². The molecule has 0 amide bonds. The normalized spacial score (nSPS) is 12.9. The van der Waals surface area contributed by atoms with E-state index in [1.807, 2.05) is 23.7 Å². The van der Waals surface area contributed by atoms with Crippen LogP contribution in [0.3, 0.4) is 0 Å². The minimum Gasteiger partial charge on any atom is -0.493 e. The molecule has 1 atom stereocenters. The Labute approximate surface area is 118 Å². The van der Waals surface area contributed by atoms with Crippen LogP contribution in [0.5, 0.6) is 5.75 Å². The van der Waals surface area contributed by atoms with Gasteiger partial charge in [0.2, 0.25) is 0 Å². The second-order valence-corrected chi connectivity index (χ2v) is 4.89. The molecule has 110 valence electrons. The van der Waals surface area contributed by atoms with E-state index in [0.29, 0.717) is 5.75 Å². The average Bonchev–Trinajstić information content (AvgIpc) is 3.06. The maximum atomic E-state index is 5.80. The van der Waals surface area contributed by atoms with Crippen LogP contribution in [0.1, 0.15) is 50.1 Å². The fourth-order valence-electron chi connectivity index (χ4n) is 2.23. The number of aromatic nitrogens is 2. The molecule has 0 fully saturated rings. The standard InChI is InChI=1S/C14H22N4O2/c1-5-10-6-7-11(20-10)13(17-15)14-12(19-4)8-16-18(14)9(2)3/h6-9,13,17H,5,15H2,1-4H3. The van der Waals surface area contributed by atoms with Gasteiger partial charge in [0.05, 0.1) is 13.3 Å². The van der Waals surface area contributed by atoms with Gasteiger partial charge in [-0.2, -0.15) is 5.10 Å². The molecule has 2 heterocycles. The number of hydrogen-bond acceptors (Lipinski definition) is 5. The first-order valence-electron chi connectivity index (χ1n) is 6.78. The van der Waals surface area contributed by atoms with Crippen molar-refractivity contribution in [3.05, 3.63) is 35.5 Å². The first-order valence-corrected chi connectivity index (χ1v) is 6.78. The second-order valence-electron chi connectivity index (χ2n) is 4.89. The highest BCUT2D eigenvalue weighted by atomic mass is 16.5. The van der Waals surface area contributed by atoms with Crippen LogP contribution >= 0.6 is 0 Å².